The van der Waals surface area contributed by atoms with E-state index in [1.165, 1.54) is 0 Å². The zero-order chi connectivity index (χ0) is 15.2. The molecule has 0 aromatic heterocycles. The van der Waals surface area contributed by atoms with Crippen LogP contribution in [0, 0.1) is 0 Å². The Morgan fingerprint density at radius 1 is 1.33 bits per heavy atom. The number of carbonyl (C=O) groups is 1. The third kappa shape index (κ3) is 4.21. The Bertz CT molecular complexity index is 482. The van der Waals surface area contributed by atoms with E-state index in [2.05, 4.69) is 24.1 Å². The van der Waals surface area contributed by atoms with Gasteiger partial charge in [0, 0.05) is 5.56 Å². The fourth-order valence-corrected chi connectivity index (χ4v) is 2.65. The fourth-order valence-electron chi connectivity index (χ4n) is 2.65. The fraction of sp³-hybridized carbons (Fsp3) is 0.588. The third-order valence-electron chi connectivity index (χ3n) is 3.66. The summed E-state index contributed by atoms with van der Waals surface area (Å²) in [5.74, 6) is 1.02. The van der Waals surface area contributed by atoms with Gasteiger partial charge in [-0.15, -0.1) is 0 Å². The Hall–Kier alpha value is -1.55. The van der Waals surface area contributed by atoms with E-state index >= 15 is 0 Å². The van der Waals surface area contributed by atoms with E-state index in [4.69, 9.17) is 4.74 Å². The van der Waals surface area contributed by atoms with Gasteiger partial charge in [-0.05, 0) is 51.1 Å². The van der Waals surface area contributed by atoms with Gasteiger partial charge in [-0.1, -0.05) is 13.8 Å². The minimum Gasteiger partial charge on any atom is -0.487 e. The van der Waals surface area contributed by atoms with Crippen LogP contribution in [0.3, 0.4) is 0 Å². The van der Waals surface area contributed by atoms with E-state index in [1.807, 2.05) is 25.1 Å². The second-order valence-electron chi connectivity index (χ2n) is 5.72. The topological polar surface area (TPSA) is 41.6 Å². The number of anilines is 1. The Kier molecular flexibility index (Phi) is 5.62. The van der Waals surface area contributed by atoms with Crippen LogP contribution in [0.4, 0.5) is 5.69 Å². The summed E-state index contributed by atoms with van der Waals surface area (Å²) in [6.45, 7) is 9.55. The standard InChI is InChI=1S/C17H26N2O2/c1-4-8-19(9-5-2)12-16(20)14-6-7-17-15(10-14)18-11-13(3)21-17/h6-7,10,13,18H,4-5,8-9,11-12H2,1-3H3. The van der Waals surface area contributed by atoms with Gasteiger partial charge in [0.1, 0.15) is 11.9 Å². The number of carbonyl (C=O) groups excluding carboxylic acids is 1. The molecule has 1 aromatic carbocycles. The highest BCUT2D eigenvalue weighted by Crippen LogP contribution is 2.30. The third-order valence-corrected chi connectivity index (χ3v) is 3.66. The zero-order valence-corrected chi connectivity index (χ0v) is 13.3. The molecule has 4 heteroatoms. The maximum atomic E-state index is 12.4. The van der Waals surface area contributed by atoms with Gasteiger partial charge < -0.3 is 10.1 Å². The van der Waals surface area contributed by atoms with E-state index in [9.17, 15) is 4.79 Å². The molecule has 1 N–H and O–H groups in total. The molecular weight excluding hydrogens is 264 g/mol. The molecule has 0 saturated heterocycles. The van der Waals surface area contributed by atoms with E-state index < -0.39 is 0 Å². The summed E-state index contributed by atoms with van der Waals surface area (Å²) in [7, 11) is 0. The number of fused-ring (bicyclic) bond motifs is 1. The average Bonchev–Trinajstić information content (AvgIpc) is 2.47. The molecule has 0 fully saturated rings. The average molecular weight is 290 g/mol. The van der Waals surface area contributed by atoms with Crippen LogP contribution in [0.15, 0.2) is 18.2 Å². The molecule has 2 rings (SSSR count). The quantitative estimate of drug-likeness (QED) is 0.783. The molecule has 1 aliphatic rings. The maximum absolute atomic E-state index is 12.4. The Labute approximate surface area is 127 Å². The van der Waals surface area contributed by atoms with Crippen LogP contribution in [0.5, 0.6) is 5.75 Å². The van der Waals surface area contributed by atoms with Gasteiger partial charge in [0.15, 0.2) is 5.78 Å². The molecule has 1 heterocycles. The lowest BCUT2D eigenvalue weighted by molar-refractivity contribution is 0.0930. The number of hydrogen-bond donors (Lipinski definition) is 1. The summed E-state index contributed by atoms with van der Waals surface area (Å²) < 4.78 is 5.74. The highest BCUT2D eigenvalue weighted by molar-refractivity contribution is 5.98. The van der Waals surface area contributed by atoms with Crippen molar-refractivity contribution in [1.82, 2.24) is 4.90 Å². The monoisotopic (exact) mass is 290 g/mol. The molecule has 0 bridgehead atoms. The molecule has 21 heavy (non-hydrogen) atoms. The van der Waals surface area contributed by atoms with Crippen molar-refractivity contribution in [2.75, 3.05) is 31.5 Å². The second-order valence-corrected chi connectivity index (χ2v) is 5.72. The van der Waals surface area contributed by atoms with Gasteiger partial charge >= 0.3 is 0 Å². The molecule has 0 saturated carbocycles. The van der Waals surface area contributed by atoms with Crippen LogP contribution >= 0.6 is 0 Å². The highest BCUT2D eigenvalue weighted by Gasteiger charge is 2.18. The summed E-state index contributed by atoms with van der Waals surface area (Å²) in [4.78, 5) is 14.7. The molecule has 1 atom stereocenters. The first-order valence-corrected chi connectivity index (χ1v) is 7.94. The normalized spacial score (nSPS) is 17.0. The molecule has 1 aromatic rings. The van der Waals surface area contributed by atoms with Crippen LogP contribution in [-0.2, 0) is 0 Å². The number of rotatable bonds is 7. The molecule has 0 aliphatic carbocycles. The number of Topliss-reactive ketones (excluding diaryl/α,β-unsaturated/α-hetero) is 1. The number of nitrogens with one attached hydrogen (secondary N) is 1. The van der Waals surface area contributed by atoms with Crippen molar-refractivity contribution in [3.05, 3.63) is 23.8 Å². The zero-order valence-electron chi connectivity index (χ0n) is 13.3. The molecule has 1 aliphatic heterocycles. The lowest BCUT2D eigenvalue weighted by Gasteiger charge is -2.25. The van der Waals surface area contributed by atoms with E-state index in [0.717, 1.165) is 49.5 Å². The van der Waals surface area contributed by atoms with Gasteiger partial charge in [0.2, 0.25) is 0 Å². The van der Waals surface area contributed by atoms with Gasteiger partial charge in [0.05, 0.1) is 18.8 Å². The summed E-state index contributed by atoms with van der Waals surface area (Å²) >= 11 is 0. The Balaban J connectivity index is 2.05. The van der Waals surface area contributed by atoms with Crippen LogP contribution in [-0.4, -0.2) is 43.0 Å². The predicted octanol–water partition coefficient (Wildman–Crippen LogP) is 3.18. The first kappa shape index (κ1) is 15.8. The van der Waals surface area contributed by atoms with Crippen molar-refractivity contribution in [3.63, 3.8) is 0 Å². The Morgan fingerprint density at radius 3 is 2.71 bits per heavy atom. The van der Waals surface area contributed by atoms with E-state index in [-0.39, 0.29) is 11.9 Å². The van der Waals surface area contributed by atoms with Gasteiger partial charge in [-0.25, -0.2) is 0 Å². The van der Waals surface area contributed by atoms with Crippen molar-refractivity contribution in [3.8, 4) is 5.75 Å². The lowest BCUT2D eigenvalue weighted by atomic mass is 10.1. The number of benzene rings is 1. The summed E-state index contributed by atoms with van der Waals surface area (Å²) in [5.41, 5.74) is 1.69. The van der Waals surface area contributed by atoms with Gasteiger partial charge in [-0.2, -0.15) is 0 Å². The van der Waals surface area contributed by atoms with E-state index in [0.29, 0.717) is 6.54 Å². The minimum atomic E-state index is 0.170. The summed E-state index contributed by atoms with van der Waals surface area (Å²) in [6, 6.07) is 5.69. The number of ketones is 1. The first-order chi connectivity index (χ1) is 10.1. The summed E-state index contributed by atoms with van der Waals surface area (Å²) in [6.07, 6.45) is 2.32. The molecule has 1 unspecified atom stereocenters. The number of ether oxygens (including phenoxy) is 1. The highest BCUT2D eigenvalue weighted by atomic mass is 16.5. The molecule has 116 valence electrons. The van der Waals surface area contributed by atoms with Gasteiger partial charge in [-0.3, -0.25) is 9.69 Å². The minimum absolute atomic E-state index is 0.170. The van der Waals surface area contributed by atoms with Crippen LogP contribution in [0.25, 0.3) is 0 Å². The van der Waals surface area contributed by atoms with Crippen LogP contribution in [0.1, 0.15) is 44.0 Å². The lowest BCUT2D eigenvalue weighted by Crippen LogP contribution is -2.31. The predicted molar refractivity (Wildman–Crippen MR) is 86.4 cm³/mol. The molecular formula is C17H26N2O2. The summed E-state index contributed by atoms with van der Waals surface area (Å²) in [5, 5.41) is 3.32. The van der Waals surface area contributed by atoms with Gasteiger partial charge in [0.25, 0.3) is 0 Å². The van der Waals surface area contributed by atoms with Crippen molar-refractivity contribution < 1.29 is 9.53 Å². The molecule has 0 amide bonds. The Morgan fingerprint density at radius 2 is 2.05 bits per heavy atom. The van der Waals surface area contributed by atoms with Crippen molar-refractivity contribution in [2.24, 2.45) is 0 Å². The van der Waals surface area contributed by atoms with Crippen LogP contribution in [0.2, 0.25) is 0 Å². The maximum Gasteiger partial charge on any atom is 0.176 e. The largest absolute Gasteiger partial charge is 0.487 e. The molecule has 0 radical (unpaired) electrons. The van der Waals surface area contributed by atoms with Crippen molar-refractivity contribution in [2.45, 2.75) is 39.7 Å². The first-order valence-electron chi connectivity index (χ1n) is 7.94. The van der Waals surface area contributed by atoms with Crippen LogP contribution < -0.4 is 10.1 Å². The molecule has 4 nitrogen and oxygen atoms in total. The van der Waals surface area contributed by atoms with Crippen molar-refractivity contribution in [1.29, 1.82) is 0 Å². The number of nitrogens with zero attached hydrogens (tertiary/aromatic N) is 1. The SMILES string of the molecule is CCCN(CCC)CC(=O)c1ccc2c(c1)NCC(C)O2. The second kappa shape index (κ2) is 7.46. The number of hydrogen-bond acceptors (Lipinski definition) is 4. The van der Waals surface area contributed by atoms with Crippen molar-refractivity contribution >= 4 is 11.5 Å². The van der Waals surface area contributed by atoms with E-state index in [1.54, 1.807) is 0 Å². The molecule has 0 spiro atoms. The smallest absolute Gasteiger partial charge is 0.176 e.